The predicted molar refractivity (Wildman–Crippen MR) is 306 cm³/mol. The highest BCUT2D eigenvalue weighted by molar-refractivity contribution is 5.71. The summed E-state index contributed by atoms with van der Waals surface area (Å²) in [5, 5.41) is 0. The fourth-order valence-corrected chi connectivity index (χ4v) is 7.39. The lowest BCUT2D eigenvalue weighted by atomic mass is 10.1. The standard InChI is InChI=1S/C65H104O6/c1-4-7-10-13-16-19-22-25-28-31-33-35-37-40-43-46-49-52-55-58-64(67)70-61-62(60-69-63(66)57-54-51-48-45-42-39-36-30-27-24-21-18-15-12-9-6-3)71-65(68)59-56-53-50-47-44-41-38-34-32-29-26-23-20-17-14-11-8-5-2/h7,9-10,12,16,18-19,21,25,27-28,30,33-35,38-40,42-43,48,51,62H,4-6,8,11,13-15,17,20,22-24,26,29,31-32,36-37,41,44-47,49-50,52-61H2,1-3H3/b10-7-,12-9-,19-16-,21-18-,28-25-,30-27-,35-33-,38-34-,42-39-,43-40-,51-48-. The Morgan fingerprint density at radius 3 is 0.972 bits per heavy atom. The normalized spacial score (nSPS) is 13.1. The van der Waals surface area contributed by atoms with E-state index in [0.29, 0.717) is 19.3 Å². The molecule has 0 saturated carbocycles. The van der Waals surface area contributed by atoms with Crippen molar-refractivity contribution in [1.82, 2.24) is 0 Å². The van der Waals surface area contributed by atoms with Crippen molar-refractivity contribution in [2.45, 2.75) is 245 Å². The van der Waals surface area contributed by atoms with E-state index in [9.17, 15) is 14.4 Å². The molecule has 71 heavy (non-hydrogen) atoms. The molecule has 0 aliphatic carbocycles. The molecule has 0 fully saturated rings. The maximum Gasteiger partial charge on any atom is 0.306 e. The third-order valence-electron chi connectivity index (χ3n) is 11.6. The summed E-state index contributed by atoms with van der Waals surface area (Å²) in [6.45, 7) is 6.31. The first-order valence-electron chi connectivity index (χ1n) is 28.7. The fraction of sp³-hybridized carbons (Fsp3) is 0.615. The minimum Gasteiger partial charge on any atom is -0.462 e. The average Bonchev–Trinajstić information content (AvgIpc) is 3.37. The zero-order valence-electron chi connectivity index (χ0n) is 45.7. The van der Waals surface area contributed by atoms with Gasteiger partial charge in [0.1, 0.15) is 13.2 Å². The van der Waals surface area contributed by atoms with Gasteiger partial charge in [0.2, 0.25) is 0 Å². The van der Waals surface area contributed by atoms with Crippen LogP contribution in [0.15, 0.2) is 134 Å². The fourth-order valence-electron chi connectivity index (χ4n) is 7.39. The zero-order valence-corrected chi connectivity index (χ0v) is 45.7. The van der Waals surface area contributed by atoms with Gasteiger partial charge >= 0.3 is 17.9 Å². The third-order valence-corrected chi connectivity index (χ3v) is 11.6. The smallest absolute Gasteiger partial charge is 0.306 e. The Kier molecular flexibility index (Phi) is 54.5. The molecule has 0 N–H and O–H groups in total. The number of carbonyl (C=O) groups is 3. The molecule has 6 heteroatoms. The molecule has 0 saturated heterocycles. The number of hydrogen-bond acceptors (Lipinski definition) is 6. The number of rotatable bonds is 50. The third kappa shape index (κ3) is 56.3. The summed E-state index contributed by atoms with van der Waals surface area (Å²) >= 11 is 0. The van der Waals surface area contributed by atoms with Crippen molar-refractivity contribution in [3.8, 4) is 0 Å². The summed E-state index contributed by atoms with van der Waals surface area (Å²) in [6, 6.07) is 0. The summed E-state index contributed by atoms with van der Waals surface area (Å²) in [4.78, 5) is 38.1. The molecule has 0 aliphatic rings. The van der Waals surface area contributed by atoms with E-state index in [1.165, 1.54) is 70.6 Å². The van der Waals surface area contributed by atoms with Crippen LogP contribution in [0, 0.1) is 0 Å². The molecule has 0 bridgehead atoms. The second kappa shape index (κ2) is 58.1. The largest absolute Gasteiger partial charge is 0.462 e. The van der Waals surface area contributed by atoms with Gasteiger partial charge in [-0.3, -0.25) is 14.4 Å². The van der Waals surface area contributed by atoms with E-state index in [0.717, 1.165) is 122 Å². The monoisotopic (exact) mass is 981 g/mol. The molecule has 6 nitrogen and oxygen atoms in total. The maximum atomic E-state index is 12.9. The molecule has 0 aromatic carbocycles. The van der Waals surface area contributed by atoms with Gasteiger partial charge in [-0.25, -0.2) is 0 Å². The summed E-state index contributed by atoms with van der Waals surface area (Å²) in [7, 11) is 0. The van der Waals surface area contributed by atoms with Crippen molar-refractivity contribution in [3.63, 3.8) is 0 Å². The van der Waals surface area contributed by atoms with Crippen LogP contribution in [0.1, 0.15) is 239 Å². The number of esters is 3. The Balaban J connectivity index is 4.57. The Morgan fingerprint density at radius 2 is 0.577 bits per heavy atom. The van der Waals surface area contributed by atoms with Gasteiger partial charge in [0.25, 0.3) is 0 Å². The van der Waals surface area contributed by atoms with Crippen LogP contribution in [0.3, 0.4) is 0 Å². The molecule has 0 rings (SSSR count). The molecule has 0 amide bonds. The van der Waals surface area contributed by atoms with Gasteiger partial charge in [-0.2, -0.15) is 0 Å². The predicted octanol–water partition coefficient (Wildman–Crippen LogP) is 19.4. The van der Waals surface area contributed by atoms with Crippen molar-refractivity contribution in [2.24, 2.45) is 0 Å². The Hall–Kier alpha value is -4.45. The van der Waals surface area contributed by atoms with Crippen molar-refractivity contribution in [2.75, 3.05) is 13.2 Å². The van der Waals surface area contributed by atoms with Crippen LogP contribution >= 0.6 is 0 Å². The van der Waals surface area contributed by atoms with Gasteiger partial charge in [0.05, 0.1) is 0 Å². The molecule has 1 atom stereocenters. The summed E-state index contributed by atoms with van der Waals surface area (Å²) < 4.78 is 16.8. The van der Waals surface area contributed by atoms with Crippen LogP contribution in [0.5, 0.6) is 0 Å². The SMILES string of the molecule is CC/C=C\C/C=C\C/C=C\C/C=C\C/C=C\CCCCCC(=O)OCC(COC(=O)CC/C=C\C/C=C\C/C=C\C/C=C\C/C=C\CC)OC(=O)CCCCCCC/C=C\CCCCCCCCCCC. The first-order valence-corrected chi connectivity index (χ1v) is 28.7. The zero-order chi connectivity index (χ0) is 51.4. The average molecular weight is 982 g/mol. The molecular formula is C65H104O6. The van der Waals surface area contributed by atoms with Gasteiger partial charge in [0.15, 0.2) is 6.10 Å². The van der Waals surface area contributed by atoms with Crippen LogP contribution < -0.4 is 0 Å². The lowest BCUT2D eigenvalue weighted by molar-refractivity contribution is -0.166. The van der Waals surface area contributed by atoms with E-state index in [1.807, 2.05) is 12.2 Å². The highest BCUT2D eigenvalue weighted by Crippen LogP contribution is 2.13. The number of ether oxygens (including phenoxy) is 3. The second-order valence-electron chi connectivity index (χ2n) is 18.4. The van der Waals surface area contributed by atoms with Crippen LogP contribution in [0.2, 0.25) is 0 Å². The summed E-state index contributed by atoms with van der Waals surface area (Å²) in [6.07, 6.45) is 81.7. The highest BCUT2D eigenvalue weighted by Gasteiger charge is 2.19. The first kappa shape index (κ1) is 66.6. The van der Waals surface area contributed by atoms with Crippen LogP contribution in [-0.2, 0) is 28.6 Å². The lowest BCUT2D eigenvalue weighted by Crippen LogP contribution is -2.30. The highest BCUT2D eigenvalue weighted by atomic mass is 16.6. The van der Waals surface area contributed by atoms with E-state index in [2.05, 4.69) is 142 Å². The summed E-state index contributed by atoms with van der Waals surface area (Å²) in [5.41, 5.74) is 0. The van der Waals surface area contributed by atoms with Gasteiger partial charge in [-0.15, -0.1) is 0 Å². The van der Waals surface area contributed by atoms with Crippen molar-refractivity contribution in [1.29, 1.82) is 0 Å². The minimum atomic E-state index is -0.832. The minimum absolute atomic E-state index is 0.126. The number of allylic oxidation sites excluding steroid dienone is 22. The van der Waals surface area contributed by atoms with Crippen LogP contribution in [0.25, 0.3) is 0 Å². The molecule has 0 aliphatic heterocycles. The van der Waals surface area contributed by atoms with E-state index in [1.54, 1.807) is 0 Å². The van der Waals surface area contributed by atoms with Gasteiger partial charge in [-0.05, 0) is 122 Å². The van der Waals surface area contributed by atoms with Crippen LogP contribution in [-0.4, -0.2) is 37.2 Å². The molecule has 400 valence electrons. The maximum absolute atomic E-state index is 12.9. The summed E-state index contributed by atoms with van der Waals surface area (Å²) in [5.74, 6) is -1.05. The van der Waals surface area contributed by atoms with Gasteiger partial charge in [-0.1, -0.05) is 231 Å². The first-order chi connectivity index (χ1) is 35.0. The topological polar surface area (TPSA) is 78.9 Å². The second-order valence-corrected chi connectivity index (χ2v) is 18.4. The van der Waals surface area contributed by atoms with Crippen LogP contribution in [0.4, 0.5) is 0 Å². The number of carbonyl (C=O) groups excluding carboxylic acids is 3. The van der Waals surface area contributed by atoms with Gasteiger partial charge in [0, 0.05) is 19.3 Å². The lowest BCUT2D eigenvalue weighted by Gasteiger charge is -2.18. The molecule has 0 spiro atoms. The number of hydrogen-bond donors (Lipinski definition) is 0. The van der Waals surface area contributed by atoms with E-state index in [-0.39, 0.29) is 37.5 Å². The molecular weight excluding hydrogens is 877 g/mol. The van der Waals surface area contributed by atoms with E-state index in [4.69, 9.17) is 14.2 Å². The molecule has 0 aromatic heterocycles. The number of unbranched alkanes of at least 4 members (excludes halogenated alkanes) is 17. The quantitative estimate of drug-likeness (QED) is 0.0262. The van der Waals surface area contributed by atoms with Crippen molar-refractivity contribution < 1.29 is 28.6 Å². The van der Waals surface area contributed by atoms with Crippen molar-refractivity contribution in [3.05, 3.63) is 134 Å². The molecule has 1 unspecified atom stereocenters. The van der Waals surface area contributed by atoms with Gasteiger partial charge < -0.3 is 14.2 Å². The Morgan fingerprint density at radius 1 is 0.296 bits per heavy atom. The molecule has 0 radical (unpaired) electrons. The van der Waals surface area contributed by atoms with E-state index < -0.39 is 6.10 Å². The molecule has 0 heterocycles. The Bertz CT molecular complexity index is 1550. The Labute approximate surface area is 436 Å². The van der Waals surface area contributed by atoms with Crippen molar-refractivity contribution >= 4 is 17.9 Å². The van der Waals surface area contributed by atoms with E-state index >= 15 is 0 Å². The molecule has 0 aromatic rings.